The van der Waals surface area contributed by atoms with Gasteiger partial charge < -0.3 is 14.7 Å². The van der Waals surface area contributed by atoms with Crippen LogP contribution in [0.3, 0.4) is 0 Å². The summed E-state index contributed by atoms with van der Waals surface area (Å²) in [5.74, 6) is -1.64. The van der Waals surface area contributed by atoms with Gasteiger partial charge in [-0.3, -0.25) is 4.79 Å². The zero-order valence-electron chi connectivity index (χ0n) is 23.6. The van der Waals surface area contributed by atoms with Gasteiger partial charge in [0.1, 0.15) is 5.75 Å². The molecule has 1 saturated heterocycles. The molecule has 1 aliphatic carbocycles. The number of ether oxygens (including phenoxy) is 1. The second kappa shape index (κ2) is 17.8. The normalized spacial score (nSPS) is 22.4. The maximum Gasteiger partial charge on any atom is 0.248 e. The first-order valence-corrected chi connectivity index (χ1v) is 14.7. The van der Waals surface area contributed by atoms with Crippen LogP contribution in [0.25, 0.3) is 0 Å². The van der Waals surface area contributed by atoms with E-state index in [1.807, 2.05) is 38.7 Å². The Bertz CT molecular complexity index is 812. The lowest BCUT2D eigenvalue weighted by atomic mass is 9.90. The molecule has 1 atom stereocenters. The van der Waals surface area contributed by atoms with Gasteiger partial charge >= 0.3 is 0 Å². The number of aliphatic hydroxyl groups excluding tert-OH is 1. The van der Waals surface area contributed by atoms with E-state index < -0.39 is 5.92 Å². The van der Waals surface area contributed by atoms with E-state index in [4.69, 9.17) is 9.84 Å². The number of rotatable bonds is 1. The first-order chi connectivity index (χ1) is 17.9. The van der Waals surface area contributed by atoms with Gasteiger partial charge in [0.15, 0.2) is 0 Å². The summed E-state index contributed by atoms with van der Waals surface area (Å²) in [7, 11) is 1.00. The van der Waals surface area contributed by atoms with E-state index >= 15 is 0 Å². The highest BCUT2D eigenvalue weighted by molar-refractivity contribution is 7.97. The summed E-state index contributed by atoms with van der Waals surface area (Å²) in [5, 5.41) is 7.00. The molecular weight excluding hydrogens is 494 g/mol. The third-order valence-electron chi connectivity index (χ3n) is 6.46. The number of hydrogen-bond donors (Lipinski definition) is 1. The van der Waals surface area contributed by atoms with Crippen molar-refractivity contribution in [3.63, 3.8) is 0 Å². The molecule has 1 N–H and O–H groups in total. The van der Waals surface area contributed by atoms with Crippen LogP contribution >= 0.6 is 11.9 Å². The maximum atomic E-state index is 13.7. The fourth-order valence-electron chi connectivity index (χ4n) is 4.66. The van der Waals surface area contributed by atoms with E-state index in [0.29, 0.717) is 26.0 Å². The van der Waals surface area contributed by atoms with Crippen molar-refractivity contribution < 1.29 is 23.4 Å². The van der Waals surface area contributed by atoms with E-state index in [0.717, 1.165) is 55.5 Å². The van der Waals surface area contributed by atoms with Crippen molar-refractivity contribution in [2.45, 2.75) is 109 Å². The van der Waals surface area contributed by atoms with Crippen LogP contribution in [-0.2, 0) is 4.79 Å². The van der Waals surface area contributed by atoms with E-state index in [-0.39, 0.29) is 30.8 Å². The van der Waals surface area contributed by atoms with Gasteiger partial charge in [-0.05, 0) is 75.1 Å². The van der Waals surface area contributed by atoms with Gasteiger partial charge in [0, 0.05) is 39.1 Å². The maximum absolute atomic E-state index is 13.7. The van der Waals surface area contributed by atoms with Crippen molar-refractivity contribution in [3.8, 4) is 5.75 Å². The average molecular weight is 543 g/mol. The van der Waals surface area contributed by atoms with Crippen molar-refractivity contribution >= 4 is 17.9 Å². The summed E-state index contributed by atoms with van der Waals surface area (Å²) >= 11 is 1.60. The van der Waals surface area contributed by atoms with Crippen LogP contribution in [-0.4, -0.2) is 65.0 Å². The van der Waals surface area contributed by atoms with E-state index in [9.17, 15) is 13.6 Å². The van der Waals surface area contributed by atoms with Gasteiger partial charge in [0.05, 0.1) is 17.5 Å². The highest BCUT2D eigenvalue weighted by Crippen LogP contribution is 2.39. The average Bonchev–Trinajstić information content (AvgIpc) is 3.38. The third-order valence-corrected chi connectivity index (χ3v) is 7.66. The number of fused-ring (bicyclic) bond motifs is 2. The lowest BCUT2D eigenvalue weighted by Crippen LogP contribution is -2.50. The molecular formula is C29H48F2N2O3S. The first kappa shape index (κ1) is 33.4. The van der Waals surface area contributed by atoms with Crippen LogP contribution in [0.1, 0.15) is 84.6 Å². The molecule has 3 aliphatic rings. The summed E-state index contributed by atoms with van der Waals surface area (Å²) in [6.45, 7) is 12.0. The van der Waals surface area contributed by atoms with E-state index in [1.54, 1.807) is 11.9 Å². The highest BCUT2D eigenvalue weighted by Gasteiger charge is 2.41. The van der Waals surface area contributed by atoms with Gasteiger partial charge in [0.25, 0.3) is 0 Å². The van der Waals surface area contributed by atoms with E-state index in [2.05, 4.69) is 35.5 Å². The molecule has 4 rings (SSSR count). The Morgan fingerprint density at radius 2 is 1.70 bits per heavy atom. The molecule has 8 heteroatoms. The summed E-state index contributed by atoms with van der Waals surface area (Å²) in [5.41, 5.74) is 1.15. The van der Waals surface area contributed by atoms with Crippen LogP contribution in [0.2, 0.25) is 0 Å². The Hall–Kier alpha value is -1.64. The zero-order chi connectivity index (χ0) is 27.8. The molecule has 1 saturated carbocycles. The number of amides is 1. The molecule has 0 spiro atoms. The molecule has 5 nitrogen and oxygen atoms in total. The molecule has 212 valence electrons. The molecule has 1 aromatic rings. The number of carbonyl (C=O) groups is 1. The Morgan fingerprint density at radius 1 is 1.03 bits per heavy atom. The Morgan fingerprint density at radius 3 is 2.38 bits per heavy atom. The number of allylic oxidation sites excluding steroid dienone is 1. The van der Waals surface area contributed by atoms with Gasteiger partial charge in [-0.15, -0.1) is 0 Å². The molecule has 1 aromatic carbocycles. The van der Waals surface area contributed by atoms with Crippen molar-refractivity contribution in [1.82, 2.24) is 9.21 Å². The monoisotopic (exact) mass is 542 g/mol. The molecule has 0 bridgehead atoms. The second-order valence-electron chi connectivity index (χ2n) is 8.88. The molecule has 2 heterocycles. The molecule has 1 unspecified atom stereocenters. The summed E-state index contributed by atoms with van der Waals surface area (Å²) < 4.78 is 35.7. The molecule has 2 aliphatic heterocycles. The topological polar surface area (TPSA) is 53.0 Å². The largest absolute Gasteiger partial charge is 0.492 e. The molecule has 2 fully saturated rings. The minimum absolute atomic E-state index is 0.0801. The Balaban J connectivity index is 0.00000106. The van der Waals surface area contributed by atoms with Crippen LogP contribution < -0.4 is 4.74 Å². The minimum atomic E-state index is -2.59. The Labute approximate surface area is 227 Å². The van der Waals surface area contributed by atoms with Gasteiger partial charge in [-0.2, -0.15) is 0 Å². The first-order valence-electron chi connectivity index (χ1n) is 13.9. The number of aliphatic hydroxyl groups is 1. The number of nitrogens with zero attached hydrogens (tertiary/aromatic N) is 2. The van der Waals surface area contributed by atoms with Crippen LogP contribution in [0, 0.1) is 6.92 Å². The summed E-state index contributed by atoms with van der Waals surface area (Å²) in [4.78, 5) is 16.6. The lowest BCUT2D eigenvalue weighted by molar-refractivity contribution is -0.139. The van der Waals surface area contributed by atoms with Gasteiger partial charge in [-0.25, -0.2) is 13.1 Å². The fraction of sp³-hybridized carbons (Fsp3) is 0.690. The van der Waals surface area contributed by atoms with Crippen molar-refractivity contribution in [3.05, 3.63) is 35.9 Å². The van der Waals surface area contributed by atoms with Crippen LogP contribution in [0.5, 0.6) is 5.75 Å². The predicted octanol–water partition coefficient (Wildman–Crippen LogP) is 7.26. The van der Waals surface area contributed by atoms with Crippen LogP contribution in [0.4, 0.5) is 8.78 Å². The van der Waals surface area contributed by atoms with Gasteiger partial charge in [0.2, 0.25) is 11.8 Å². The van der Waals surface area contributed by atoms with Crippen molar-refractivity contribution in [2.24, 2.45) is 0 Å². The quantitative estimate of drug-likeness (QED) is 0.299. The summed E-state index contributed by atoms with van der Waals surface area (Å²) in [6.07, 6.45) is 8.14. The number of halogens is 2. The number of alkyl halides is 2. The number of hydrogen-bond acceptors (Lipinski definition) is 5. The Kier molecular flexibility index (Phi) is 16.1. The molecule has 0 aromatic heterocycles. The number of benzene rings is 1. The third kappa shape index (κ3) is 10.2. The predicted molar refractivity (Wildman–Crippen MR) is 150 cm³/mol. The van der Waals surface area contributed by atoms with Crippen molar-refractivity contribution in [1.29, 1.82) is 0 Å². The molecule has 0 radical (unpaired) electrons. The molecule has 37 heavy (non-hydrogen) atoms. The second-order valence-corrected chi connectivity index (χ2v) is 9.97. The molecule has 1 amide bonds. The number of aryl methyl sites for hydroxylation is 1. The van der Waals surface area contributed by atoms with Crippen molar-refractivity contribution in [2.75, 3.05) is 26.8 Å². The van der Waals surface area contributed by atoms with E-state index in [1.165, 1.54) is 0 Å². The lowest BCUT2D eigenvalue weighted by Gasteiger charge is -2.38. The minimum Gasteiger partial charge on any atom is -0.492 e. The zero-order valence-corrected chi connectivity index (χ0v) is 24.5. The van der Waals surface area contributed by atoms with Crippen LogP contribution in [0.15, 0.2) is 35.2 Å². The summed E-state index contributed by atoms with van der Waals surface area (Å²) in [6, 6.07) is 5.88. The fourth-order valence-corrected chi connectivity index (χ4v) is 5.79. The number of carbonyl (C=O) groups excluding carboxylic acids is 1. The smallest absolute Gasteiger partial charge is 0.248 e. The SMILES string of the molecule is CC.CC.CO.Cc1ccc2c(c1)OCCCC=CCN(C1CCC(F)(F)CC1)C(=O)C1CCCN1S2. The highest BCUT2D eigenvalue weighted by atomic mass is 32.2. The van der Waals surface area contributed by atoms with Gasteiger partial charge in [-0.1, -0.05) is 45.9 Å². The standard InChI is InChI=1S/C24H32F2N2O2S.2C2H6.CH4O/c1-18-8-9-22-21(17-18)30-16-5-3-2-4-14-27(19-10-12-24(25,26)13-11-19)23(29)20-7-6-15-28(20)31-22;3*1-2/h2,4,8-9,17,19-20H,3,5-7,10-16H2,1H3;2*1-2H3;2H,1H3.